The molecule has 4 aromatic carbocycles. The third-order valence-corrected chi connectivity index (χ3v) is 6.70. The van der Waals surface area contributed by atoms with E-state index in [0.717, 1.165) is 28.2 Å². The van der Waals surface area contributed by atoms with E-state index in [1.165, 1.54) is 32.4 Å². The van der Waals surface area contributed by atoms with E-state index in [9.17, 15) is 19.8 Å². The number of hydrogen-bond acceptors (Lipinski definition) is 8. The molecular weight excluding hydrogens is 548 g/mol. The fourth-order valence-electron chi connectivity index (χ4n) is 4.24. The van der Waals surface area contributed by atoms with Crippen LogP contribution in [-0.2, 0) is 9.59 Å². The molecule has 0 spiro atoms. The van der Waals surface area contributed by atoms with Gasteiger partial charge in [0.15, 0.2) is 28.8 Å². The molecule has 0 saturated heterocycles. The van der Waals surface area contributed by atoms with Crippen LogP contribution in [0.4, 0.5) is 0 Å². The molecule has 4 rings (SSSR count). The minimum atomic E-state index is -0.527. The van der Waals surface area contributed by atoms with E-state index < -0.39 is 17.7 Å². The number of ketones is 1. The summed E-state index contributed by atoms with van der Waals surface area (Å²) in [6.45, 7) is 1.78. The van der Waals surface area contributed by atoms with E-state index in [0.29, 0.717) is 16.9 Å². The fraction of sp³-hybridized carbons (Fsp3) is 0.143. The lowest BCUT2D eigenvalue weighted by molar-refractivity contribution is -0.135. The second-order valence-corrected chi connectivity index (χ2v) is 9.60. The van der Waals surface area contributed by atoms with Gasteiger partial charge in [-0.3, -0.25) is 9.59 Å². The van der Waals surface area contributed by atoms with Gasteiger partial charge in [0.05, 0.1) is 27.2 Å². The van der Waals surface area contributed by atoms with Gasteiger partial charge in [0, 0.05) is 6.08 Å². The lowest BCUT2D eigenvalue weighted by Gasteiger charge is -2.15. The number of esters is 1. The van der Waals surface area contributed by atoms with Crippen LogP contribution in [0.3, 0.4) is 0 Å². The van der Waals surface area contributed by atoms with Gasteiger partial charge in [-0.2, -0.15) is 0 Å². The van der Waals surface area contributed by atoms with Crippen LogP contribution in [0.5, 0.6) is 28.7 Å². The molecule has 4 aromatic rings. The summed E-state index contributed by atoms with van der Waals surface area (Å²) in [5.74, 6) is -0.0221. The van der Waals surface area contributed by atoms with Crippen molar-refractivity contribution in [2.45, 2.75) is 12.8 Å². The minimum Gasteiger partial charge on any atom is -0.508 e. The highest BCUT2D eigenvalue weighted by atomic mass is 16.6. The van der Waals surface area contributed by atoms with Gasteiger partial charge in [-0.1, -0.05) is 48.6 Å². The first-order valence-corrected chi connectivity index (χ1v) is 13.4. The van der Waals surface area contributed by atoms with Crippen molar-refractivity contribution in [3.05, 3.63) is 113 Å². The van der Waals surface area contributed by atoms with Crippen molar-refractivity contribution in [1.82, 2.24) is 0 Å². The Morgan fingerprint density at radius 3 is 2.09 bits per heavy atom. The number of ether oxygens (including phenoxy) is 4. The maximum Gasteiger partial charge on any atom is 0.318 e. The number of aliphatic hydroxyl groups excluding tert-OH is 1. The molecule has 0 saturated carbocycles. The Balaban J connectivity index is 1.40. The number of phenolic OH excluding ortho intramolecular Hbond substituents is 1. The number of aliphatic hydroxyl groups is 1. The van der Waals surface area contributed by atoms with Crippen molar-refractivity contribution in [2.75, 3.05) is 21.3 Å². The summed E-state index contributed by atoms with van der Waals surface area (Å²) < 4.78 is 21.4. The van der Waals surface area contributed by atoms with E-state index in [4.69, 9.17) is 18.9 Å². The molecular formula is C35H32O8. The van der Waals surface area contributed by atoms with Crippen LogP contribution in [0.25, 0.3) is 22.9 Å². The summed E-state index contributed by atoms with van der Waals surface area (Å²) in [6, 6.07) is 21.2. The topological polar surface area (TPSA) is 112 Å². The van der Waals surface area contributed by atoms with Crippen molar-refractivity contribution in [1.29, 1.82) is 0 Å². The molecule has 0 aliphatic carbocycles. The molecule has 2 N–H and O–H groups in total. The molecule has 8 nitrogen and oxygen atoms in total. The molecule has 0 aliphatic heterocycles. The number of benzene rings is 4. The van der Waals surface area contributed by atoms with E-state index in [2.05, 4.69) is 0 Å². The highest BCUT2D eigenvalue weighted by Crippen LogP contribution is 2.32. The number of methoxy groups -OCH3 is 3. The number of hydrogen-bond donors (Lipinski definition) is 2. The van der Waals surface area contributed by atoms with Crippen LogP contribution in [0.1, 0.15) is 29.5 Å². The molecule has 0 fully saturated rings. The average Bonchev–Trinajstić information content (AvgIpc) is 3.02. The first-order chi connectivity index (χ1) is 20.7. The van der Waals surface area contributed by atoms with Crippen LogP contribution < -0.4 is 18.9 Å². The van der Waals surface area contributed by atoms with Crippen molar-refractivity contribution in [3.63, 3.8) is 0 Å². The summed E-state index contributed by atoms with van der Waals surface area (Å²) in [7, 11) is 4.52. The molecule has 0 aromatic heterocycles. The Morgan fingerprint density at radius 1 is 0.721 bits per heavy atom. The van der Waals surface area contributed by atoms with E-state index in [1.807, 2.05) is 36.4 Å². The van der Waals surface area contributed by atoms with Crippen molar-refractivity contribution in [2.24, 2.45) is 0 Å². The Labute approximate surface area is 249 Å². The van der Waals surface area contributed by atoms with Gasteiger partial charge in [-0.25, -0.2) is 0 Å². The number of phenols is 1. The fourth-order valence-corrected chi connectivity index (χ4v) is 4.24. The lowest BCUT2D eigenvalue weighted by atomic mass is 9.98. The predicted molar refractivity (Wildman–Crippen MR) is 166 cm³/mol. The smallest absolute Gasteiger partial charge is 0.318 e. The Hall–Kier alpha value is -5.50. The van der Waals surface area contributed by atoms with Gasteiger partial charge >= 0.3 is 5.97 Å². The number of carbonyl (C=O) groups is 2. The quantitative estimate of drug-likeness (QED) is 0.0640. The third-order valence-electron chi connectivity index (χ3n) is 6.70. The van der Waals surface area contributed by atoms with Crippen molar-refractivity contribution < 1.29 is 38.7 Å². The molecule has 0 amide bonds. The van der Waals surface area contributed by atoms with Crippen LogP contribution in [0, 0.1) is 0 Å². The first kappa shape index (κ1) is 30.5. The molecule has 1 atom stereocenters. The van der Waals surface area contributed by atoms with Gasteiger partial charge in [0.2, 0.25) is 0 Å². The normalized spacial score (nSPS) is 12.4. The van der Waals surface area contributed by atoms with Gasteiger partial charge in [0.25, 0.3) is 0 Å². The summed E-state index contributed by atoms with van der Waals surface area (Å²) in [4.78, 5) is 25.2. The Bertz CT molecular complexity index is 1730. The second-order valence-electron chi connectivity index (χ2n) is 9.60. The molecule has 43 heavy (non-hydrogen) atoms. The number of allylic oxidation sites excluding steroid dienone is 3. The highest BCUT2D eigenvalue weighted by Gasteiger charge is 2.20. The standard InChI is InChI=1S/C35H32O8/c1-22(25-9-10-27-20-30(40-2)14-11-26(27)19-25)35(39)43-32-16-8-24(18-34(32)42-4)6-13-29(37)21-28(36)12-5-23-7-15-31(38)33(17-23)41-3/h5-22,37-38H,1-4H3/b12-5+,13-6+,29-21?. The average molecular weight is 581 g/mol. The predicted octanol–water partition coefficient (Wildman–Crippen LogP) is 7.02. The van der Waals surface area contributed by atoms with E-state index in [-0.39, 0.29) is 23.0 Å². The zero-order chi connectivity index (χ0) is 30.9. The van der Waals surface area contributed by atoms with E-state index >= 15 is 0 Å². The molecule has 220 valence electrons. The number of carbonyl (C=O) groups excluding carboxylic acids is 2. The third kappa shape index (κ3) is 7.83. The van der Waals surface area contributed by atoms with Gasteiger partial charge in [0.1, 0.15) is 11.5 Å². The molecule has 8 heteroatoms. The maximum atomic E-state index is 13.0. The molecule has 0 aliphatic rings. The molecule has 0 radical (unpaired) electrons. The van der Waals surface area contributed by atoms with Gasteiger partial charge in [-0.05, 0) is 82.9 Å². The van der Waals surface area contributed by atoms with E-state index in [1.54, 1.807) is 56.5 Å². The zero-order valence-electron chi connectivity index (χ0n) is 24.2. The second kappa shape index (κ2) is 13.9. The molecule has 1 unspecified atom stereocenters. The summed E-state index contributed by atoms with van der Waals surface area (Å²) in [5.41, 5.74) is 2.11. The number of rotatable bonds is 11. The van der Waals surface area contributed by atoms with Crippen LogP contribution >= 0.6 is 0 Å². The van der Waals surface area contributed by atoms with Gasteiger partial charge < -0.3 is 29.2 Å². The first-order valence-electron chi connectivity index (χ1n) is 13.4. The van der Waals surface area contributed by atoms with Crippen molar-refractivity contribution in [3.8, 4) is 28.7 Å². The highest BCUT2D eigenvalue weighted by molar-refractivity contribution is 6.02. The Morgan fingerprint density at radius 2 is 1.37 bits per heavy atom. The maximum absolute atomic E-state index is 13.0. The largest absolute Gasteiger partial charge is 0.508 e. The minimum absolute atomic E-state index is 0.00558. The van der Waals surface area contributed by atoms with Crippen LogP contribution in [-0.4, -0.2) is 43.3 Å². The number of aromatic hydroxyl groups is 1. The zero-order valence-corrected chi connectivity index (χ0v) is 24.2. The lowest BCUT2D eigenvalue weighted by Crippen LogP contribution is -2.16. The Kier molecular flexibility index (Phi) is 9.85. The van der Waals surface area contributed by atoms with Gasteiger partial charge in [-0.15, -0.1) is 0 Å². The van der Waals surface area contributed by atoms with Crippen LogP contribution in [0.2, 0.25) is 0 Å². The summed E-state index contributed by atoms with van der Waals surface area (Å²) in [5, 5.41) is 21.9. The van der Waals surface area contributed by atoms with Crippen LogP contribution in [0.15, 0.2) is 96.8 Å². The van der Waals surface area contributed by atoms with Crippen molar-refractivity contribution >= 4 is 34.7 Å². The summed E-state index contributed by atoms with van der Waals surface area (Å²) in [6.07, 6.45) is 6.86. The monoisotopic (exact) mass is 580 g/mol. The molecule has 0 heterocycles. The summed E-state index contributed by atoms with van der Waals surface area (Å²) >= 11 is 0. The number of fused-ring (bicyclic) bond motifs is 1. The SMILES string of the molecule is COc1ccc2cc(C(C)C(=O)Oc3ccc(/C=C/C(O)=CC(=O)/C=C/c4ccc(O)c(OC)c4)cc3OC)ccc2c1. The molecule has 0 bridgehead atoms.